The lowest BCUT2D eigenvalue weighted by atomic mass is 9.99. The highest BCUT2D eigenvalue weighted by Gasteiger charge is 2.16. The molecule has 2 aliphatic rings. The Hall–Kier alpha value is -1.84. The van der Waals surface area contributed by atoms with E-state index >= 15 is 0 Å². The van der Waals surface area contributed by atoms with Crippen molar-refractivity contribution < 1.29 is 4.74 Å². The third-order valence-electron chi connectivity index (χ3n) is 6.83. The molecule has 0 radical (unpaired) electrons. The number of nitrogens with zero attached hydrogens (tertiary/aromatic N) is 3. The van der Waals surface area contributed by atoms with Crippen molar-refractivity contribution in [2.45, 2.75) is 39.4 Å². The molecule has 2 fully saturated rings. The van der Waals surface area contributed by atoms with E-state index < -0.39 is 0 Å². The maximum atomic E-state index is 5.49. The Morgan fingerprint density at radius 3 is 2.24 bits per heavy atom. The SMILES string of the molecule is CN=C(NCc1ccc(N2CCC(C)CC2)cc1)NCc1ccccc1CN1CCOCC1.I. The van der Waals surface area contributed by atoms with Crippen molar-refractivity contribution in [3.8, 4) is 0 Å². The van der Waals surface area contributed by atoms with Gasteiger partial charge in [0, 0.05) is 58.5 Å². The van der Waals surface area contributed by atoms with Gasteiger partial charge in [-0.25, -0.2) is 0 Å². The van der Waals surface area contributed by atoms with Crippen molar-refractivity contribution >= 4 is 35.6 Å². The molecular weight excluding hydrogens is 537 g/mol. The smallest absolute Gasteiger partial charge is 0.191 e. The largest absolute Gasteiger partial charge is 0.379 e. The number of benzene rings is 2. The summed E-state index contributed by atoms with van der Waals surface area (Å²) in [7, 11) is 1.83. The van der Waals surface area contributed by atoms with Crippen LogP contribution in [0.4, 0.5) is 5.69 Å². The van der Waals surface area contributed by atoms with Gasteiger partial charge in [-0.2, -0.15) is 0 Å². The van der Waals surface area contributed by atoms with Gasteiger partial charge in [-0.05, 0) is 47.6 Å². The number of rotatable bonds is 7. The number of morpholine rings is 1. The van der Waals surface area contributed by atoms with Crippen molar-refractivity contribution in [3.63, 3.8) is 0 Å². The Morgan fingerprint density at radius 1 is 0.912 bits per heavy atom. The molecule has 0 aliphatic carbocycles. The van der Waals surface area contributed by atoms with E-state index in [4.69, 9.17) is 4.74 Å². The van der Waals surface area contributed by atoms with Crippen LogP contribution in [0.15, 0.2) is 53.5 Å². The van der Waals surface area contributed by atoms with Gasteiger partial charge in [0.05, 0.1) is 13.2 Å². The third-order valence-corrected chi connectivity index (χ3v) is 6.83. The van der Waals surface area contributed by atoms with Gasteiger partial charge in [-0.3, -0.25) is 9.89 Å². The first-order chi connectivity index (χ1) is 16.2. The van der Waals surface area contributed by atoms with Crippen LogP contribution < -0.4 is 15.5 Å². The zero-order chi connectivity index (χ0) is 22.9. The summed E-state index contributed by atoms with van der Waals surface area (Å²) in [6, 6.07) is 17.6. The fourth-order valence-electron chi connectivity index (χ4n) is 4.56. The normalized spacial score (nSPS) is 17.8. The summed E-state index contributed by atoms with van der Waals surface area (Å²) >= 11 is 0. The number of ether oxygens (including phenoxy) is 1. The molecule has 0 aromatic heterocycles. The first-order valence-corrected chi connectivity index (χ1v) is 12.4. The molecule has 0 spiro atoms. The average Bonchev–Trinajstić information content (AvgIpc) is 2.86. The molecule has 2 aliphatic heterocycles. The van der Waals surface area contributed by atoms with Gasteiger partial charge < -0.3 is 20.3 Å². The summed E-state index contributed by atoms with van der Waals surface area (Å²) in [5.74, 6) is 1.68. The summed E-state index contributed by atoms with van der Waals surface area (Å²) in [5, 5.41) is 6.95. The number of nitrogens with one attached hydrogen (secondary N) is 2. The molecule has 0 saturated carbocycles. The van der Waals surface area contributed by atoms with Crippen LogP contribution >= 0.6 is 24.0 Å². The molecule has 2 aromatic carbocycles. The van der Waals surface area contributed by atoms with E-state index in [9.17, 15) is 0 Å². The molecule has 2 N–H and O–H groups in total. The molecular formula is C27H40IN5O. The van der Waals surface area contributed by atoms with Crippen LogP contribution in [-0.4, -0.2) is 57.3 Å². The molecule has 2 heterocycles. The van der Waals surface area contributed by atoms with Crippen molar-refractivity contribution in [2.24, 2.45) is 10.9 Å². The predicted octanol–water partition coefficient (Wildman–Crippen LogP) is 4.24. The van der Waals surface area contributed by atoms with Crippen LogP contribution in [0, 0.1) is 5.92 Å². The summed E-state index contributed by atoms with van der Waals surface area (Å²) in [5.41, 5.74) is 5.28. The Labute approximate surface area is 222 Å². The standard InChI is InChI=1S/C27H39N5O.HI/c1-22-11-13-32(14-12-22)26-9-7-23(8-10-26)19-29-27(28-2)30-20-24-5-3-4-6-25(24)21-31-15-17-33-18-16-31;/h3-10,22H,11-21H2,1-2H3,(H2,28,29,30);1H. The second kappa shape index (κ2) is 13.9. The van der Waals surface area contributed by atoms with E-state index in [0.29, 0.717) is 0 Å². The van der Waals surface area contributed by atoms with Gasteiger partial charge in [0.15, 0.2) is 5.96 Å². The predicted molar refractivity (Wildman–Crippen MR) is 152 cm³/mol. The zero-order valence-electron chi connectivity index (χ0n) is 20.6. The molecule has 2 saturated heterocycles. The third kappa shape index (κ3) is 7.85. The molecule has 7 heteroatoms. The topological polar surface area (TPSA) is 52.1 Å². The van der Waals surface area contributed by atoms with Crippen molar-refractivity contribution in [1.29, 1.82) is 0 Å². The van der Waals surface area contributed by atoms with Gasteiger partial charge in [-0.15, -0.1) is 24.0 Å². The van der Waals surface area contributed by atoms with Crippen LogP contribution in [-0.2, 0) is 24.4 Å². The van der Waals surface area contributed by atoms with Crippen LogP contribution in [0.1, 0.15) is 36.5 Å². The number of guanidine groups is 1. The fraction of sp³-hybridized carbons (Fsp3) is 0.519. The van der Waals surface area contributed by atoms with E-state index in [1.807, 2.05) is 7.05 Å². The number of hydrogen-bond acceptors (Lipinski definition) is 4. The van der Waals surface area contributed by atoms with Crippen molar-refractivity contribution in [2.75, 3.05) is 51.3 Å². The van der Waals surface area contributed by atoms with E-state index in [0.717, 1.165) is 57.8 Å². The summed E-state index contributed by atoms with van der Waals surface area (Å²) in [6.07, 6.45) is 2.59. The van der Waals surface area contributed by atoms with Gasteiger partial charge in [0.2, 0.25) is 0 Å². The number of halogens is 1. The van der Waals surface area contributed by atoms with Crippen molar-refractivity contribution in [3.05, 3.63) is 65.2 Å². The van der Waals surface area contributed by atoms with Crippen LogP contribution in [0.2, 0.25) is 0 Å². The van der Waals surface area contributed by atoms with Crippen LogP contribution in [0.5, 0.6) is 0 Å². The number of piperidine rings is 1. The molecule has 0 atom stereocenters. The highest BCUT2D eigenvalue weighted by molar-refractivity contribution is 14.0. The highest BCUT2D eigenvalue weighted by atomic mass is 127. The maximum absolute atomic E-state index is 5.49. The molecule has 4 rings (SSSR count). The molecule has 0 bridgehead atoms. The van der Waals surface area contributed by atoms with E-state index in [2.05, 4.69) is 80.9 Å². The van der Waals surface area contributed by atoms with Crippen LogP contribution in [0.3, 0.4) is 0 Å². The molecule has 0 amide bonds. The Morgan fingerprint density at radius 2 is 1.56 bits per heavy atom. The Bertz CT molecular complexity index is 890. The lowest BCUT2D eigenvalue weighted by Gasteiger charge is -2.32. The average molecular weight is 578 g/mol. The van der Waals surface area contributed by atoms with E-state index in [1.165, 1.54) is 48.3 Å². The minimum absolute atomic E-state index is 0. The van der Waals surface area contributed by atoms with E-state index in [1.54, 1.807) is 0 Å². The van der Waals surface area contributed by atoms with Gasteiger partial charge in [0.25, 0.3) is 0 Å². The summed E-state index contributed by atoms with van der Waals surface area (Å²) in [6.45, 7) is 10.8. The molecule has 2 aromatic rings. The van der Waals surface area contributed by atoms with Crippen molar-refractivity contribution in [1.82, 2.24) is 15.5 Å². The highest BCUT2D eigenvalue weighted by Crippen LogP contribution is 2.23. The Balaban J connectivity index is 0.00000324. The van der Waals surface area contributed by atoms with Crippen LogP contribution in [0.25, 0.3) is 0 Å². The molecule has 6 nitrogen and oxygen atoms in total. The first-order valence-electron chi connectivity index (χ1n) is 12.4. The molecule has 0 unspecified atom stereocenters. The second-order valence-electron chi connectivity index (χ2n) is 9.27. The molecule has 186 valence electrons. The minimum Gasteiger partial charge on any atom is -0.379 e. The van der Waals surface area contributed by atoms with Gasteiger partial charge >= 0.3 is 0 Å². The number of hydrogen-bond donors (Lipinski definition) is 2. The lowest BCUT2D eigenvalue weighted by Crippen LogP contribution is -2.37. The summed E-state index contributed by atoms with van der Waals surface area (Å²) < 4.78 is 5.49. The lowest BCUT2D eigenvalue weighted by molar-refractivity contribution is 0.0341. The monoisotopic (exact) mass is 577 g/mol. The maximum Gasteiger partial charge on any atom is 0.191 e. The van der Waals surface area contributed by atoms with Gasteiger partial charge in [-0.1, -0.05) is 43.3 Å². The minimum atomic E-state index is 0. The fourth-order valence-corrected chi connectivity index (χ4v) is 4.56. The number of anilines is 1. The first kappa shape index (κ1) is 26.8. The quantitative estimate of drug-likeness (QED) is 0.293. The summed E-state index contributed by atoms with van der Waals surface area (Å²) in [4.78, 5) is 9.39. The number of aliphatic imine (C=N–C) groups is 1. The second-order valence-corrected chi connectivity index (χ2v) is 9.27. The Kier molecular flexibility index (Phi) is 10.9. The molecule has 34 heavy (non-hydrogen) atoms. The zero-order valence-corrected chi connectivity index (χ0v) is 23.0. The van der Waals surface area contributed by atoms with Gasteiger partial charge in [0.1, 0.15) is 0 Å². The van der Waals surface area contributed by atoms with E-state index in [-0.39, 0.29) is 24.0 Å².